The third-order valence-electron chi connectivity index (χ3n) is 5.04. The molecule has 0 aromatic carbocycles. The van der Waals surface area contributed by atoms with Crippen molar-refractivity contribution in [3.05, 3.63) is 0 Å². The van der Waals surface area contributed by atoms with E-state index in [2.05, 4.69) is 20.6 Å². The largest absolute Gasteiger partial charge is 0.411 e. The van der Waals surface area contributed by atoms with E-state index in [0.717, 1.165) is 25.7 Å². The molecule has 0 amide bonds. The van der Waals surface area contributed by atoms with Crippen LogP contribution in [0.3, 0.4) is 0 Å². The molecular formula is C20H40N4O4Si. The first-order valence-corrected chi connectivity index (χ1v) is 13.6. The van der Waals surface area contributed by atoms with Gasteiger partial charge in [0.2, 0.25) is 0 Å². The minimum absolute atomic E-state index is 0.575. The van der Waals surface area contributed by atoms with Crippen LogP contribution in [0.5, 0.6) is 0 Å². The van der Waals surface area contributed by atoms with Crippen LogP contribution in [0, 0.1) is 0 Å². The highest BCUT2D eigenvalue weighted by Gasteiger charge is 2.38. The van der Waals surface area contributed by atoms with Crippen molar-refractivity contribution in [3.8, 4) is 0 Å². The van der Waals surface area contributed by atoms with Gasteiger partial charge in [-0.05, 0) is 49.9 Å². The summed E-state index contributed by atoms with van der Waals surface area (Å²) in [5.74, 6) is 0. The molecule has 0 rings (SSSR count). The Morgan fingerprint density at radius 1 is 0.483 bits per heavy atom. The number of rotatable bonds is 16. The Balaban J connectivity index is 6.24. The van der Waals surface area contributed by atoms with Crippen LogP contribution in [0.2, 0.25) is 24.2 Å². The molecule has 0 spiro atoms. The molecule has 0 aromatic rings. The molecule has 9 heteroatoms. The molecule has 0 fully saturated rings. The van der Waals surface area contributed by atoms with Crippen molar-refractivity contribution in [2.24, 2.45) is 20.6 Å². The Labute approximate surface area is 176 Å². The van der Waals surface area contributed by atoms with Crippen LogP contribution in [-0.4, -0.2) is 51.7 Å². The van der Waals surface area contributed by atoms with Crippen molar-refractivity contribution in [1.29, 1.82) is 0 Å². The molecule has 0 atom stereocenters. The highest BCUT2D eigenvalue weighted by atomic mass is 28.3. The molecule has 0 saturated heterocycles. The summed E-state index contributed by atoms with van der Waals surface area (Å²) in [5.41, 5.74) is 2.82. The lowest BCUT2D eigenvalue weighted by Gasteiger charge is -2.33. The molecule has 0 bridgehead atoms. The van der Waals surface area contributed by atoms with Crippen LogP contribution < -0.4 is 0 Å². The minimum Gasteiger partial charge on any atom is -0.411 e. The standard InChI is InChI=1S/C20H40N4O4Si/c1-5-9-17(21-25)13-29(14-18(22-26)10-6-2,15-19(23-27)11-7-3)16-20(24-28)12-8-4/h25-28H,5-16H2,1-4H3. The van der Waals surface area contributed by atoms with Gasteiger partial charge in [0.05, 0.1) is 30.9 Å². The highest BCUT2D eigenvalue weighted by Crippen LogP contribution is 2.32. The van der Waals surface area contributed by atoms with Gasteiger partial charge in [-0.2, -0.15) is 0 Å². The normalized spacial score (nSPS) is 16.1. The first kappa shape index (κ1) is 27.1. The van der Waals surface area contributed by atoms with E-state index in [4.69, 9.17) is 0 Å². The quantitative estimate of drug-likeness (QED) is 0.105. The summed E-state index contributed by atoms with van der Waals surface area (Å²) in [7, 11) is -2.44. The predicted octanol–water partition coefficient (Wildman–Crippen LogP) is 5.96. The number of nitrogens with zero attached hydrogens (tertiary/aromatic N) is 4. The maximum atomic E-state index is 9.58. The van der Waals surface area contributed by atoms with Crippen LogP contribution in [-0.2, 0) is 0 Å². The van der Waals surface area contributed by atoms with Gasteiger partial charge in [-0.1, -0.05) is 74.0 Å². The molecule has 0 aliphatic rings. The Morgan fingerprint density at radius 2 is 0.690 bits per heavy atom. The molecule has 0 aromatic heterocycles. The molecule has 29 heavy (non-hydrogen) atoms. The molecule has 0 radical (unpaired) electrons. The average molecular weight is 429 g/mol. The van der Waals surface area contributed by atoms with Gasteiger partial charge in [0, 0.05) is 0 Å². The third-order valence-corrected chi connectivity index (χ3v) is 9.67. The van der Waals surface area contributed by atoms with E-state index in [0.29, 0.717) is 72.7 Å². The van der Waals surface area contributed by atoms with Crippen molar-refractivity contribution < 1.29 is 20.8 Å². The topological polar surface area (TPSA) is 130 Å². The minimum atomic E-state index is -2.44. The van der Waals surface area contributed by atoms with Crippen molar-refractivity contribution in [2.45, 2.75) is 103 Å². The van der Waals surface area contributed by atoms with Crippen LogP contribution in [0.1, 0.15) is 79.1 Å². The zero-order valence-corrected chi connectivity index (χ0v) is 19.6. The zero-order chi connectivity index (χ0) is 22.1. The van der Waals surface area contributed by atoms with E-state index in [1.807, 2.05) is 27.7 Å². The van der Waals surface area contributed by atoms with E-state index >= 15 is 0 Å². The monoisotopic (exact) mass is 428 g/mol. The van der Waals surface area contributed by atoms with E-state index in [9.17, 15) is 20.8 Å². The van der Waals surface area contributed by atoms with Crippen molar-refractivity contribution in [1.82, 2.24) is 0 Å². The summed E-state index contributed by atoms with van der Waals surface area (Å²) in [5, 5.41) is 52.5. The molecule has 0 aliphatic heterocycles. The van der Waals surface area contributed by atoms with E-state index < -0.39 is 8.07 Å². The van der Waals surface area contributed by atoms with Crippen molar-refractivity contribution in [3.63, 3.8) is 0 Å². The Morgan fingerprint density at radius 3 is 0.828 bits per heavy atom. The average Bonchev–Trinajstić information content (AvgIpc) is 2.72. The first-order chi connectivity index (χ1) is 14.0. The van der Waals surface area contributed by atoms with E-state index in [-0.39, 0.29) is 0 Å². The summed E-state index contributed by atoms with van der Waals surface area (Å²) in [6.07, 6.45) is 6.09. The van der Waals surface area contributed by atoms with Crippen molar-refractivity contribution in [2.75, 3.05) is 0 Å². The van der Waals surface area contributed by atoms with E-state index in [1.54, 1.807) is 0 Å². The second-order valence-electron chi connectivity index (χ2n) is 7.87. The maximum absolute atomic E-state index is 9.58. The lowest BCUT2D eigenvalue weighted by molar-refractivity contribution is 0.316. The van der Waals surface area contributed by atoms with Crippen LogP contribution in [0.15, 0.2) is 20.6 Å². The van der Waals surface area contributed by atoms with Gasteiger partial charge in [0.1, 0.15) is 0 Å². The third kappa shape index (κ3) is 10.4. The summed E-state index contributed by atoms with van der Waals surface area (Å²) in [6, 6.07) is 2.30. The zero-order valence-electron chi connectivity index (χ0n) is 18.6. The molecule has 0 heterocycles. The molecule has 4 N–H and O–H groups in total. The van der Waals surface area contributed by atoms with Crippen LogP contribution in [0.25, 0.3) is 0 Å². The van der Waals surface area contributed by atoms with Crippen LogP contribution >= 0.6 is 0 Å². The van der Waals surface area contributed by atoms with Gasteiger partial charge in [-0.15, -0.1) is 0 Å². The lowest BCUT2D eigenvalue weighted by atomic mass is 10.2. The first-order valence-electron chi connectivity index (χ1n) is 10.8. The smallest absolute Gasteiger partial charge is 0.0766 e. The predicted molar refractivity (Wildman–Crippen MR) is 122 cm³/mol. The Hall–Kier alpha value is -1.90. The maximum Gasteiger partial charge on any atom is 0.0766 e. The van der Waals surface area contributed by atoms with Gasteiger partial charge < -0.3 is 20.8 Å². The molecule has 0 unspecified atom stereocenters. The number of oxime groups is 4. The van der Waals surface area contributed by atoms with Crippen LogP contribution in [0.4, 0.5) is 0 Å². The molecule has 8 nitrogen and oxygen atoms in total. The Kier molecular flexibility index (Phi) is 14.9. The summed E-state index contributed by atoms with van der Waals surface area (Å²) < 4.78 is 0. The second kappa shape index (κ2) is 16.0. The fourth-order valence-corrected chi connectivity index (χ4v) is 9.16. The Bertz CT molecular complexity index is 475. The number of hydrogen-bond donors (Lipinski definition) is 4. The van der Waals surface area contributed by atoms with Gasteiger partial charge in [-0.3, -0.25) is 0 Å². The lowest BCUT2D eigenvalue weighted by Crippen LogP contribution is -2.43. The van der Waals surface area contributed by atoms with Crippen molar-refractivity contribution >= 4 is 30.9 Å². The van der Waals surface area contributed by atoms with E-state index in [1.165, 1.54) is 0 Å². The summed E-state index contributed by atoms with van der Waals surface area (Å²) >= 11 is 0. The second-order valence-corrected chi connectivity index (χ2v) is 12.3. The molecule has 168 valence electrons. The fraction of sp³-hybridized carbons (Fsp3) is 0.800. The summed E-state index contributed by atoms with van der Waals surface area (Å²) in [6.45, 7) is 8.12. The molecular weight excluding hydrogens is 388 g/mol. The van der Waals surface area contributed by atoms with Gasteiger partial charge in [-0.25, -0.2) is 0 Å². The van der Waals surface area contributed by atoms with Gasteiger partial charge in [0.15, 0.2) is 0 Å². The van der Waals surface area contributed by atoms with Gasteiger partial charge in [0.25, 0.3) is 0 Å². The highest BCUT2D eigenvalue weighted by molar-refractivity contribution is 6.89. The van der Waals surface area contributed by atoms with Gasteiger partial charge >= 0.3 is 0 Å². The molecule has 0 aliphatic carbocycles. The molecule has 0 saturated carbocycles. The SMILES string of the molecule is CCCC(C[Si](CC(CCC)=NO)(CC(CCC)=NO)CC(CCC)=NO)=NO. The summed E-state index contributed by atoms with van der Waals surface area (Å²) in [4.78, 5) is 0. The fourth-order valence-electron chi connectivity index (χ4n) is 3.96. The number of hydrogen-bond acceptors (Lipinski definition) is 8.